The molecule has 1 aliphatic heterocycles. The molecule has 0 aromatic heterocycles. The fourth-order valence-corrected chi connectivity index (χ4v) is 1.90. The lowest BCUT2D eigenvalue weighted by molar-refractivity contribution is -0.00964. The first kappa shape index (κ1) is 12.0. The molecule has 1 rings (SSSR count). The Morgan fingerprint density at radius 3 is 2.93 bits per heavy atom. The molecule has 1 aliphatic rings. The summed E-state index contributed by atoms with van der Waals surface area (Å²) in [5.74, 6) is 0. The predicted molar refractivity (Wildman–Crippen MR) is 59.4 cm³/mol. The fraction of sp³-hybridized carbons (Fsp3) is 1.00. The largest absolute Gasteiger partial charge is 0.378 e. The van der Waals surface area contributed by atoms with E-state index in [0.717, 1.165) is 39.1 Å². The summed E-state index contributed by atoms with van der Waals surface area (Å²) in [5.41, 5.74) is 5.92. The molecule has 1 heterocycles. The van der Waals surface area contributed by atoms with Crippen LogP contribution < -0.4 is 5.73 Å². The summed E-state index contributed by atoms with van der Waals surface area (Å²) in [7, 11) is 0. The lowest BCUT2D eigenvalue weighted by Crippen LogP contribution is -2.46. The van der Waals surface area contributed by atoms with Crippen molar-refractivity contribution in [3.8, 4) is 0 Å². The number of morpholine rings is 1. The zero-order valence-corrected chi connectivity index (χ0v) is 9.54. The van der Waals surface area contributed by atoms with Gasteiger partial charge in [-0.2, -0.15) is 0 Å². The molecule has 0 aliphatic carbocycles. The van der Waals surface area contributed by atoms with E-state index in [9.17, 15) is 0 Å². The maximum absolute atomic E-state index is 5.92. The van der Waals surface area contributed by atoms with E-state index < -0.39 is 0 Å². The number of hydrogen-bond donors (Lipinski definition) is 1. The number of ether oxygens (including phenoxy) is 1. The highest BCUT2D eigenvalue weighted by molar-refractivity contribution is 4.75. The fourth-order valence-electron chi connectivity index (χ4n) is 1.90. The molecule has 1 saturated heterocycles. The van der Waals surface area contributed by atoms with Gasteiger partial charge in [0.15, 0.2) is 0 Å². The first-order chi connectivity index (χ1) is 6.77. The molecule has 0 radical (unpaired) electrons. The van der Waals surface area contributed by atoms with Crippen LogP contribution in [0.15, 0.2) is 0 Å². The summed E-state index contributed by atoms with van der Waals surface area (Å²) < 4.78 is 5.46. The minimum atomic E-state index is 0.371. The van der Waals surface area contributed by atoms with Crippen molar-refractivity contribution in [2.75, 3.05) is 26.3 Å². The Bertz CT molecular complexity index is 152. The van der Waals surface area contributed by atoms with E-state index in [0.29, 0.717) is 12.1 Å². The van der Waals surface area contributed by atoms with Crippen LogP contribution in [-0.2, 0) is 4.74 Å². The van der Waals surface area contributed by atoms with Gasteiger partial charge in [0, 0.05) is 25.2 Å². The lowest BCUT2D eigenvalue weighted by atomic mass is 10.1. The molecule has 0 spiro atoms. The highest BCUT2D eigenvalue weighted by atomic mass is 16.5. The van der Waals surface area contributed by atoms with Crippen LogP contribution in [-0.4, -0.2) is 43.3 Å². The summed E-state index contributed by atoms with van der Waals surface area (Å²) in [6.07, 6.45) is 3.38. The third kappa shape index (κ3) is 3.56. The third-order valence-corrected chi connectivity index (χ3v) is 3.13. The van der Waals surface area contributed by atoms with Crippen molar-refractivity contribution in [2.24, 2.45) is 5.73 Å². The highest BCUT2D eigenvalue weighted by Gasteiger charge is 2.20. The van der Waals surface area contributed by atoms with Gasteiger partial charge in [0.05, 0.1) is 13.2 Å². The Morgan fingerprint density at radius 1 is 1.50 bits per heavy atom. The van der Waals surface area contributed by atoms with Gasteiger partial charge in [-0.05, 0) is 19.3 Å². The second-order valence-corrected chi connectivity index (χ2v) is 4.13. The van der Waals surface area contributed by atoms with Crippen LogP contribution in [0.3, 0.4) is 0 Å². The van der Waals surface area contributed by atoms with E-state index in [-0.39, 0.29) is 0 Å². The molecular weight excluding hydrogens is 176 g/mol. The zero-order chi connectivity index (χ0) is 10.4. The summed E-state index contributed by atoms with van der Waals surface area (Å²) in [6.45, 7) is 8.38. The van der Waals surface area contributed by atoms with Crippen LogP contribution in [0.1, 0.15) is 33.1 Å². The van der Waals surface area contributed by atoms with Crippen molar-refractivity contribution in [3.05, 3.63) is 0 Å². The van der Waals surface area contributed by atoms with Crippen molar-refractivity contribution < 1.29 is 4.74 Å². The van der Waals surface area contributed by atoms with E-state index in [1.165, 1.54) is 6.42 Å². The number of rotatable bonds is 5. The van der Waals surface area contributed by atoms with Crippen LogP contribution in [0.25, 0.3) is 0 Å². The maximum Gasteiger partial charge on any atom is 0.0622 e. The SMILES string of the molecule is CCC(N)CCN1CCOCC1CC. The van der Waals surface area contributed by atoms with Crippen LogP contribution in [0.4, 0.5) is 0 Å². The smallest absolute Gasteiger partial charge is 0.0622 e. The molecule has 3 nitrogen and oxygen atoms in total. The molecule has 2 unspecified atom stereocenters. The summed E-state index contributed by atoms with van der Waals surface area (Å²) in [6, 6.07) is 0.989. The molecule has 14 heavy (non-hydrogen) atoms. The average molecular weight is 200 g/mol. The highest BCUT2D eigenvalue weighted by Crippen LogP contribution is 2.11. The molecule has 84 valence electrons. The van der Waals surface area contributed by atoms with E-state index >= 15 is 0 Å². The average Bonchev–Trinajstić information content (AvgIpc) is 2.26. The number of nitrogens with two attached hydrogens (primary N) is 1. The van der Waals surface area contributed by atoms with Gasteiger partial charge in [-0.3, -0.25) is 4.90 Å². The van der Waals surface area contributed by atoms with Crippen molar-refractivity contribution in [3.63, 3.8) is 0 Å². The Balaban J connectivity index is 2.26. The molecule has 3 heteroatoms. The monoisotopic (exact) mass is 200 g/mol. The molecule has 0 aromatic carbocycles. The Kier molecular flexibility index (Phi) is 5.45. The van der Waals surface area contributed by atoms with Gasteiger partial charge in [-0.15, -0.1) is 0 Å². The van der Waals surface area contributed by atoms with Crippen LogP contribution in [0, 0.1) is 0 Å². The summed E-state index contributed by atoms with van der Waals surface area (Å²) >= 11 is 0. The van der Waals surface area contributed by atoms with Crippen LogP contribution >= 0.6 is 0 Å². The van der Waals surface area contributed by atoms with Gasteiger partial charge in [-0.1, -0.05) is 13.8 Å². The first-order valence-electron chi connectivity index (χ1n) is 5.85. The molecular formula is C11H24N2O. The third-order valence-electron chi connectivity index (χ3n) is 3.13. The summed E-state index contributed by atoms with van der Waals surface area (Å²) in [5, 5.41) is 0. The van der Waals surface area contributed by atoms with Crippen LogP contribution in [0.5, 0.6) is 0 Å². The van der Waals surface area contributed by atoms with E-state index in [2.05, 4.69) is 18.7 Å². The second kappa shape index (κ2) is 6.38. The van der Waals surface area contributed by atoms with Crippen molar-refractivity contribution in [2.45, 2.75) is 45.2 Å². The molecule has 0 amide bonds. The predicted octanol–water partition coefficient (Wildman–Crippen LogP) is 1.22. The van der Waals surface area contributed by atoms with Gasteiger partial charge in [-0.25, -0.2) is 0 Å². The molecule has 0 aromatic rings. The van der Waals surface area contributed by atoms with Gasteiger partial charge in [0.25, 0.3) is 0 Å². The Labute approximate surface area is 87.6 Å². The van der Waals surface area contributed by atoms with E-state index in [1.54, 1.807) is 0 Å². The van der Waals surface area contributed by atoms with E-state index in [1.807, 2.05) is 0 Å². The quantitative estimate of drug-likeness (QED) is 0.725. The van der Waals surface area contributed by atoms with E-state index in [4.69, 9.17) is 10.5 Å². The zero-order valence-electron chi connectivity index (χ0n) is 9.54. The molecule has 2 atom stereocenters. The van der Waals surface area contributed by atoms with Gasteiger partial charge >= 0.3 is 0 Å². The standard InChI is InChI=1S/C11H24N2O/c1-3-10(12)5-6-13-7-8-14-9-11(13)4-2/h10-11H,3-9,12H2,1-2H3. The Hall–Kier alpha value is -0.120. The molecule has 0 bridgehead atoms. The van der Waals surface area contributed by atoms with Crippen molar-refractivity contribution in [1.29, 1.82) is 0 Å². The van der Waals surface area contributed by atoms with Gasteiger partial charge < -0.3 is 10.5 Å². The normalized spacial score (nSPS) is 26.4. The van der Waals surface area contributed by atoms with Gasteiger partial charge in [0.2, 0.25) is 0 Å². The molecule has 0 saturated carbocycles. The second-order valence-electron chi connectivity index (χ2n) is 4.13. The van der Waals surface area contributed by atoms with Crippen molar-refractivity contribution >= 4 is 0 Å². The Morgan fingerprint density at radius 2 is 2.29 bits per heavy atom. The minimum absolute atomic E-state index is 0.371. The van der Waals surface area contributed by atoms with Crippen LogP contribution in [0.2, 0.25) is 0 Å². The lowest BCUT2D eigenvalue weighted by Gasteiger charge is -2.35. The topological polar surface area (TPSA) is 38.5 Å². The first-order valence-corrected chi connectivity index (χ1v) is 5.85. The molecule has 1 fully saturated rings. The van der Waals surface area contributed by atoms with Gasteiger partial charge in [0.1, 0.15) is 0 Å². The minimum Gasteiger partial charge on any atom is -0.378 e. The van der Waals surface area contributed by atoms with Crippen molar-refractivity contribution in [1.82, 2.24) is 4.90 Å². The maximum atomic E-state index is 5.92. The number of hydrogen-bond acceptors (Lipinski definition) is 3. The number of nitrogens with zero attached hydrogens (tertiary/aromatic N) is 1. The molecule has 2 N–H and O–H groups in total. The summed E-state index contributed by atoms with van der Waals surface area (Å²) in [4.78, 5) is 2.53.